The van der Waals surface area contributed by atoms with Crippen LogP contribution in [0.2, 0.25) is 10.0 Å². The molecule has 1 aromatic heterocycles. The fraction of sp³-hybridized carbons (Fsp3) is 0.0870. The molecule has 0 saturated heterocycles. The fourth-order valence-electron chi connectivity index (χ4n) is 3.32. The topological polar surface area (TPSA) is 60.7 Å². The van der Waals surface area contributed by atoms with Gasteiger partial charge in [-0.1, -0.05) is 29.3 Å². The third kappa shape index (κ3) is 4.76. The van der Waals surface area contributed by atoms with Gasteiger partial charge in [0.2, 0.25) is 0 Å². The van der Waals surface area contributed by atoms with Gasteiger partial charge < -0.3 is 19.1 Å². The Bertz CT molecular complexity index is 1270. The number of ether oxygens (including phenoxy) is 2. The molecular formula is C23H16Cl2FNO4. The van der Waals surface area contributed by atoms with Gasteiger partial charge in [0.1, 0.15) is 23.9 Å². The minimum absolute atomic E-state index is 0.0915. The third-order valence-corrected chi connectivity index (χ3v) is 5.33. The van der Waals surface area contributed by atoms with Crippen molar-refractivity contribution >= 4 is 40.3 Å². The van der Waals surface area contributed by atoms with Crippen LogP contribution in [0.4, 0.5) is 9.18 Å². The summed E-state index contributed by atoms with van der Waals surface area (Å²) in [6.07, 6.45) is 0.454. The summed E-state index contributed by atoms with van der Waals surface area (Å²) < 4.78 is 26.2. The summed E-state index contributed by atoms with van der Waals surface area (Å²) in [4.78, 5) is 10.9. The Morgan fingerprint density at radius 3 is 2.65 bits per heavy atom. The van der Waals surface area contributed by atoms with E-state index in [1.807, 2.05) is 16.8 Å². The Hall–Kier alpha value is -3.22. The van der Waals surface area contributed by atoms with E-state index in [0.29, 0.717) is 33.3 Å². The molecule has 3 aromatic carbocycles. The molecule has 0 atom stereocenters. The zero-order chi connectivity index (χ0) is 22.0. The number of aromatic nitrogens is 1. The number of rotatable bonds is 6. The maximum absolute atomic E-state index is 13.5. The zero-order valence-corrected chi connectivity index (χ0v) is 17.5. The average molecular weight is 460 g/mol. The summed E-state index contributed by atoms with van der Waals surface area (Å²) in [6, 6.07) is 16.3. The van der Waals surface area contributed by atoms with Crippen molar-refractivity contribution in [3.05, 3.63) is 93.8 Å². The highest BCUT2D eigenvalue weighted by Crippen LogP contribution is 2.30. The lowest BCUT2D eigenvalue weighted by Crippen LogP contribution is -2.04. The lowest BCUT2D eigenvalue weighted by Gasteiger charge is -2.14. The predicted molar refractivity (Wildman–Crippen MR) is 117 cm³/mol. The van der Waals surface area contributed by atoms with E-state index in [0.717, 1.165) is 11.1 Å². The van der Waals surface area contributed by atoms with E-state index in [9.17, 15) is 9.18 Å². The van der Waals surface area contributed by atoms with Crippen molar-refractivity contribution in [2.45, 2.75) is 13.2 Å². The smallest absolute Gasteiger partial charge is 0.488 e. The molecule has 4 rings (SSSR count). The second kappa shape index (κ2) is 8.88. The van der Waals surface area contributed by atoms with Gasteiger partial charge in [0.25, 0.3) is 0 Å². The number of halogens is 3. The van der Waals surface area contributed by atoms with Gasteiger partial charge in [-0.2, -0.15) is 0 Å². The summed E-state index contributed by atoms with van der Waals surface area (Å²) in [7, 11) is 0. The van der Waals surface area contributed by atoms with Gasteiger partial charge in [0.05, 0.1) is 12.1 Å². The highest BCUT2D eigenvalue weighted by atomic mass is 35.5. The van der Waals surface area contributed by atoms with Gasteiger partial charge >= 0.3 is 6.16 Å². The second-order valence-electron chi connectivity index (χ2n) is 6.78. The molecule has 0 fully saturated rings. The van der Waals surface area contributed by atoms with Crippen molar-refractivity contribution in [3.63, 3.8) is 0 Å². The molecule has 0 saturated carbocycles. The first kappa shape index (κ1) is 21.0. The molecule has 31 heavy (non-hydrogen) atoms. The van der Waals surface area contributed by atoms with Crippen LogP contribution in [0.1, 0.15) is 11.1 Å². The van der Waals surface area contributed by atoms with Crippen molar-refractivity contribution in [2.75, 3.05) is 0 Å². The number of nitrogens with zero attached hydrogens (tertiary/aromatic N) is 1. The molecule has 0 aliphatic carbocycles. The maximum atomic E-state index is 13.5. The summed E-state index contributed by atoms with van der Waals surface area (Å²) in [6.45, 7) is 0.501. The Morgan fingerprint density at radius 2 is 1.84 bits per heavy atom. The standard InChI is InChI=1S/C23H16Cl2FNO4/c24-16-4-7-21(30-13-15-11-17(26)5-6-19(15)25)14(10-16)12-27-9-8-18-20(27)2-1-3-22(18)31-23(28)29/h1-11H,12-13H2,(H,28,29). The first-order valence-electron chi connectivity index (χ1n) is 9.24. The van der Waals surface area contributed by atoms with E-state index < -0.39 is 12.0 Å². The molecule has 5 nitrogen and oxygen atoms in total. The summed E-state index contributed by atoms with van der Waals surface area (Å²) in [5, 5.41) is 10.6. The largest absolute Gasteiger partial charge is 0.511 e. The normalized spacial score (nSPS) is 10.9. The molecule has 8 heteroatoms. The van der Waals surface area contributed by atoms with Crippen molar-refractivity contribution in [1.82, 2.24) is 4.57 Å². The van der Waals surface area contributed by atoms with Gasteiger partial charge in [-0.15, -0.1) is 0 Å². The Labute approximate surface area is 187 Å². The monoisotopic (exact) mass is 459 g/mol. The highest BCUT2D eigenvalue weighted by molar-refractivity contribution is 6.31. The molecule has 0 unspecified atom stereocenters. The molecule has 0 bridgehead atoms. The van der Waals surface area contributed by atoms with Gasteiger partial charge in [0.15, 0.2) is 0 Å². The minimum Gasteiger partial charge on any atom is -0.488 e. The summed E-state index contributed by atoms with van der Waals surface area (Å²) in [5.74, 6) is 0.439. The quantitative estimate of drug-likeness (QED) is 0.255. The molecule has 0 aliphatic heterocycles. The molecule has 4 aromatic rings. The molecule has 1 N–H and O–H groups in total. The predicted octanol–water partition coefficient (Wildman–Crippen LogP) is 6.77. The van der Waals surface area contributed by atoms with Crippen LogP contribution < -0.4 is 9.47 Å². The highest BCUT2D eigenvalue weighted by Gasteiger charge is 2.13. The average Bonchev–Trinajstić information content (AvgIpc) is 3.13. The van der Waals surface area contributed by atoms with Crippen LogP contribution in [-0.2, 0) is 13.2 Å². The lowest BCUT2D eigenvalue weighted by molar-refractivity contribution is 0.145. The van der Waals surface area contributed by atoms with Crippen LogP contribution in [0.15, 0.2) is 66.9 Å². The van der Waals surface area contributed by atoms with Crippen LogP contribution in [0, 0.1) is 5.82 Å². The molecule has 0 aliphatic rings. The summed E-state index contributed by atoms with van der Waals surface area (Å²) in [5.41, 5.74) is 2.12. The molecule has 0 spiro atoms. The number of carbonyl (C=O) groups is 1. The first-order chi connectivity index (χ1) is 14.9. The van der Waals surface area contributed by atoms with Crippen LogP contribution in [0.25, 0.3) is 10.9 Å². The van der Waals surface area contributed by atoms with Gasteiger partial charge in [-0.25, -0.2) is 9.18 Å². The molecule has 1 heterocycles. The number of hydrogen-bond donors (Lipinski definition) is 1. The van der Waals surface area contributed by atoms with Gasteiger partial charge in [0, 0.05) is 32.8 Å². The Morgan fingerprint density at radius 1 is 1.00 bits per heavy atom. The second-order valence-corrected chi connectivity index (χ2v) is 7.62. The molecule has 158 valence electrons. The van der Waals surface area contributed by atoms with E-state index in [1.54, 1.807) is 36.4 Å². The zero-order valence-electron chi connectivity index (χ0n) is 16.0. The lowest BCUT2D eigenvalue weighted by atomic mass is 10.2. The van der Waals surface area contributed by atoms with Crippen LogP contribution in [0.5, 0.6) is 11.5 Å². The number of carboxylic acid groups (broad SMARTS) is 1. The van der Waals surface area contributed by atoms with E-state index in [1.165, 1.54) is 18.2 Å². The number of fused-ring (bicyclic) bond motifs is 1. The van der Waals surface area contributed by atoms with E-state index in [-0.39, 0.29) is 12.4 Å². The van der Waals surface area contributed by atoms with Crippen molar-refractivity contribution in [2.24, 2.45) is 0 Å². The Balaban J connectivity index is 1.62. The van der Waals surface area contributed by atoms with Gasteiger partial charge in [-0.3, -0.25) is 0 Å². The van der Waals surface area contributed by atoms with Crippen molar-refractivity contribution in [1.29, 1.82) is 0 Å². The SMILES string of the molecule is O=C(O)Oc1cccc2c1ccn2Cc1cc(Cl)ccc1OCc1cc(F)ccc1Cl. The number of benzene rings is 3. The van der Waals surface area contributed by atoms with Crippen LogP contribution in [0.3, 0.4) is 0 Å². The van der Waals surface area contributed by atoms with E-state index in [4.69, 9.17) is 37.8 Å². The first-order valence-corrected chi connectivity index (χ1v) is 10.00. The third-order valence-electron chi connectivity index (χ3n) is 4.73. The van der Waals surface area contributed by atoms with Crippen LogP contribution >= 0.6 is 23.2 Å². The van der Waals surface area contributed by atoms with Gasteiger partial charge in [-0.05, 0) is 54.6 Å². The van der Waals surface area contributed by atoms with Crippen molar-refractivity contribution in [3.8, 4) is 11.5 Å². The van der Waals surface area contributed by atoms with E-state index >= 15 is 0 Å². The molecule has 0 amide bonds. The minimum atomic E-state index is -1.37. The summed E-state index contributed by atoms with van der Waals surface area (Å²) >= 11 is 12.3. The number of hydrogen-bond acceptors (Lipinski definition) is 3. The Kier molecular flexibility index (Phi) is 6.02. The molecule has 0 radical (unpaired) electrons. The molecular weight excluding hydrogens is 444 g/mol. The van der Waals surface area contributed by atoms with Crippen LogP contribution in [-0.4, -0.2) is 15.8 Å². The maximum Gasteiger partial charge on any atom is 0.511 e. The van der Waals surface area contributed by atoms with Crippen molar-refractivity contribution < 1.29 is 23.8 Å². The van der Waals surface area contributed by atoms with E-state index in [2.05, 4.69) is 0 Å². The fourth-order valence-corrected chi connectivity index (χ4v) is 3.69.